The average molecular weight is 213 g/mol. The molecule has 0 aliphatic rings. The maximum absolute atomic E-state index is 11.4. The summed E-state index contributed by atoms with van der Waals surface area (Å²) in [5.41, 5.74) is 5.00. The maximum Gasteiger partial charge on any atom is 0.257 e. The number of aliphatic imine (C=N–C) groups is 1. The number of halogens is 3. The zero-order chi connectivity index (χ0) is 7.98. The summed E-state index contributed by atoms with van der Waals surface area (Å²) in [6, 6.07) is 0. The number of allylic oxidation sites excluding steroid dienone is 1. The van der Waals surface area contributed by atoms with E-state index in [9.17, 15) is 8.78 Å². The van der Waals surface area contributed by atoms with E-state index in [4.69, 9.17) is 5.73 Å². The van der Waals surface area contributed by atoms with E-state index in [1.165, 1.54) is 12.4 Å². The van der Waals surface area contributed by atoms with Crippen LogP contribution in [0.15, 0.2) is 15.7 Å². The van der Waals surface area contributed by atoms with Gasteiger partial charge in [0, 0.05) is 12.4 Å². The van der Waals surface area contributed by atoms with E-state index in [0.717, 1.165) is 0 Å². The average Bonchev–Trinajstić information content (AvgIpc) is 1.87. The van der Waals surface area contributed by atoms with Crippen molar-refractivity contribution in [1.82, 2.24) is 0 Å². The van der Waals surface area contributed by atoms with Crippen LogP contribution in [0.25, 0.3) is 0 Å². The molecule has 58 valence electrons. The fourth-order valence-corrected chi connectivity index (χ4v) is 0.407. The first kappa shape index (κ1) is 9.55. The topological polar surface area (TPSA) is 38.4 Å². The molecule has 0 fully saturated rings. The van der Waals surface area contributed by atoms with Crippen LogP contribution in [0.1, 0.15) is 0 Å². The van der Waals surface area contributed by atoms with E-state index in [1.807, 2.05) is 0 Å². The Morgan fingerprint density at radius 1 is 1.70 bits per heavy atom. The van der Waals surface area contributed by atoms with Crippen LogP contribution in [0.4, 0.5) is 8.78 Å². The lowest BCUT2D eigenvalue weighted by Gasteiger charge is -1.89. The summed E-state index contributed by atoms with van der Waals surface area (Å²) in [6.07, 6.45) is 0.0792. The minimum atomic E-state index is -2.39. The minimum absolute atomic E-state index is 0.483. The molecule has 10 heavy (non-hydrogen) atoms. The van der Waals surface area contributed by atoms with Crippen molar-refractivity contribution in [2.75, 3.05) is 6.54 Å². The molecule has 0 bridgehead atoms. The van der Waals surface area contributed by atoms with E-state index in [1.54, 1.807) is 0 Å². The van der Waals surface area contributed by atoms with E-state index in [-0.39, 0.29) is 0 Å². The molecule has 0 aromatic rings. The summed E-state index contributed by atoms with van der Waals surface area (Å²) < 4.78 is 23.3. The number of nitrogens with zero attached hydrogens (tertiary/aromatic N) is 1. The van der Waals surface area contributed by atoms with Crippen LogP contribution >= 0.6 is 15.9 Å². The standard InChI is InChI=1S/C5H7BrF2N2/c6-4(1-9)2-10-3-5(7)8/h1-2,5H,3,9H2/b4-1+,10-2?. The summed E-state index contributed by atoms with van der Waals surface area (Å²) in [7, 11) is 0. The molecule has 0 unspecified atom stereocenters. The molecule has 0 heterocycles. The van der Waals surface area contributed by atoms with Crippen molar-refractivity contribution >= 4 is 22.1 Å². The summed E-state index contributed by atoms with van der Waals surface area (Å²) in [5.74, 6) is 0. The van der Waals surface area contributed by atoms with Gasteiger partial charge in [0.2, 0.25) is 0 Å². The molecule has 0 rings (SSSR count). The summed E-state index contributed by atoms with van der Waals surface area (Å²) >= 11 is 2.97. The van der Waals surface area contributed by atoms with E-state index < -0.39 is 13.0 Å². The van der Waals surface area contributed by atoms with Crippen LogP contribution in [0, 0.1) is 0 Å². The van der Waals surface area contributed by atoms with Crippen molar-refractivity contribution in [1.29, 1.82) is 0 Å². The molecular formula is C5H7BrF2N2. The quantitative estimate of drug-likeness (QED) is 0.709. The van der Waals surface area contributed by atoms with Crippen molar-refractivity contribution in [3.63, 3.8) is 0 Å². The maximum atomic E-state index is 11.4. The molecule has 0 aliphatic carbocycles. The van der Waals surface area contributed by atoms with E-state index in [2.05, 4.69) is 20.9 Å². The van der Waals surface area contributed by atoms with Gasteiger partial charge < -0.3 is 5.73 Å². The van der Waals surface area contributed by atoms with E-state index >= 15 is 0 Å². The predicted octanol–water partition coefficient (Wildman–Crippen LogP) is 1.52. The lowest BCUT2D eigenvalue weighted by atomic mass is 10.6. The Labute approximate surface area is 65.9 Å². The van der Waals surface area contributed by atoms with Crippen LogP contribution < -0.4 is 5.73 Å². The first-order valence-electron chi connectivity index (χ1n) is 2.52. The summed E-state index contributed by atoms with van der Waals surface area (Å²) in [6.45, 7) is -0.483. The van der Waals surface area contributed by atoms with Crippen LogP contribution in [-0.4, -0.2) is 19.2 Å². The third-order valence-corrected chi connectivity index (χ3v) is 1.09. The zero-order valence-corrected chi connectivity index (χ0v) is 6.68. The molecule has 5 heteroatoms. The molecule has 0 aliphatic heterocycles. The smallest absolute Gasteiger partial charge is 0.257 e. The second kappa shape index (κ2) is 5.34. The lowest BCUT2D eigenvalue weighted by molar-refractivity contribution is 0.159. The highest BCUT2D eigenvalue weighted by molar-refractivity contribution is 9.12. The number of hydrogen-bond acceptors (Lipinski definition) is 2. The molecule has 0 aromatic heterocycles. The molecule has 0 atom stereocenters. The molecule has 0 amide bonds. The third kappa shape index (κ3) is 5.68. The predicted molar refractivity (Wildman–Crippen MR) is 40.6 cm³/mol. The fraction of sp³-hybridized carbons (Fsp3) is 0.400. The first-order valence-corrected chi connectivity index (χ1v) is 3.31. The Balaban J connectivity index is 3.56. The highest BCUT2D eigenvalue weighted by atomic mass is 79.9. The van der Waals surface area contributed by atoms with E-state index in [0.29, 0.717) is 4.48 Å². The Morgan fingerprint density at radius 3 is 2.70 bits per heavy atom. The number of hydrogen-bond donors (Lipinski definition) is 1. The van der Waals surface area contributed by atoms with Gasteiger partial charge in [0.05, 0.1) is 11.0 Å². The van der Waals surface area contributed by atoms with Gasteiger partial charge in [-0.2, -0.15) is 0 Å². The van der Waals surface area contributed by atoms with Gasteiger partial charge in [0.1, 0.15) is 0 Å². The molecule has 0 saturated carbocycles. The van der Waals surface area contributed by atoms with Crippen molar-refractivity contribution in [2.45, 2.75) is 6.43 Å². The highest BCUT2D eigenvalue weighted by Crippen LogP contribution is 1.98. The Morgan fingerprint density at radius 2 is 2.30 bits per heavy atom. The van der Waals surface area contributed by atoms with Gasteiger partial charge in [-0.3, -0.25) is 4.99 Å². The molecule has 0 aromatic carbocycles. The minimum Gasteiger partial charge on any atom is -0.404 e. The Bertz CT molecular complexity index is 145. The zero-order valence-electron chi connectivity index (χ0n) is 5.10. The van der Waals surface area contributed by atoms with Gasteiger partial charge in [-0.25, -0.2) is 8.78 Å². The van der Waals surface area contributed by atoms with Gasteiger partial charge >= 0.3 is 0 Å². The highest BCUT2D eigenvalue weighted by Gasteiger charge is 1.96. The van der Waals surface area contributed by atoms with Crippen LogP contribution in [0.5, 0.6) is 0 Å². The molecule has 0 spiro atoms. The first-order chi connectivity index (χ1) is 4.66. The van der Waals surface area contributed by atoms with Gasteiger partial charge in [0.15, 0.2) is 0 Å². The SMILES string of the molecule is N/C=C(/Br)C=NCC(F)F. The van der Waals surface area contributed by atoms with Gasteiger partial charge in [-0.05, 0) is 15.9 Å². The normalized spacial score (nSPS) is 13.4. The Hall–Kier alpha value is -0.450. The van der Waals surface area contributed by atoms with Crippen molar-refractivity contribution in [3.8, 4) is 0 Å². The van der Waals surface area contributed by atoms with Crippen LogP contribution in [0.3, 0.4) is 0 Å². The lowest BCUT2D eigenvalue weighted by Crippen LogP contribution is -1.95. The number of rotatable bonds is 3. The fourth-order valence-electron chi connectivity index (χ4n) is 0.263. The summed E-state index contributed by atoms with van der Waals surface area (Å²) in [4.78, 5) is 3.37. The third-order valence-electron chi connectivity index (χ3n) is 0.617. The molecule has 2 N–H and O–H groups in total. The van der Waals surface area contributed by atoms with Gasteiger partial charge in [0.25, 0.3) is 6.43 Å². The molecule has 0 radical (unpaired) electrons. The second-order valence-electron chi connectivity index (χ2n) is 1.44. The summed E-state index contributed by atoms with van der Waals surface area (Å²) in [5, 5.41) is 0. The number of nitrogens with two attached hydrogens (primary N) is 1. The van der Waals surface area contributed by atoms with Crippen molar-refractivity contribution < 1.29 is 8.78 Å². The monoisotopic (exact) mass is 212 g/mol. The molecule has 2 nitrogen and oxygen atoms in total. The molecular weight excluding hydrogens is 206 g/mol. The Kier molecular flexibility index (Phi) is 5.10. The van der Waals surface area contributed by atoms with Gasteiger partial charge in [-0.1, -0.05) is 0 Å². The van der Waals surface area contributed by atoms with Crippen molar-refractivity contribution in [2.24, 2.45) is 10.7 Å². The second-order valence-corrected chi connectivity index (χ2v) is 2.35. The van der Waals surface area contributed by atoms with Crippen LogP contribution in [-0.2, 0) is 0 Å². The molecule has 0 saturated heterocycles. The van der Waals surface area contributed by atoms with Gasteiger partial charge in [-0.15, -0.1) is 0 Å². The largest absolute Gasteiger partial charge is 0.404 e. The van der Waals surface area contributed by atoms with Crippen LogP contribution in [0.2, 0.25) is 0 Å². The number of alkyl halides is 2. The van der Waals surface area contributed by atoms with Crippen molar-refractivity contribution in [3.05, 3.63) is 10.7 Å².